The van der Waals surface area contributed by atoms with Crippen molar-refractivity contribution >= 4 is 21.9 Å². The standard InChI is InChI=1S/C14H15N5O/c1-2-11-12(15-5-1)3-4-13-14(11)17-19(16-13)10-18-6-8-20-9-7-18/h1-5H,6-10H2. The minimum atomic E-state index is 0.708. The first-order valence-electron chi connectivity index (χ1n) is 6.79. The molecule has 1 fully saturated rings. The molecule has 2 aromatic heterocycles. The van der Waals surface area contributed by atoms with Gasteiger partial charge in [0.05, 0.1) is 18.7 Å². The Morgan fingerprint density at radius 2 is 1.90 bits per heavy atom. The molecule has 0 bridgehead atoms. The van der Waals surface area contributed by atoms with E-state index in [0.717, 1.165) is 48.2 Å². The summed E-state index contributed by atoms with van der Waals surface area (Å²) in [6, 6.07) is 7.94. The van der Waals surface area contributed by atoms with Crippen LogP contribution in [0.1, 0.15) is 0 Å². The van der Waals surface area contributed by atoms with Crippen LogP contribution in [0.15, 0.2) is 30.5 Å². The maximum Gasteiger partial charge on any atom is 0.122 e. The maximum atomic E-state index is 5.35. The zero-order valence-electron chi connectivity index (χ0n) is 11.1. The average molecular weight is 269 g/mol. The zero-order chi connectivity index (χ0) is 13.4. The van der Waals surface area contributed by atoms with Gasteiger partial charge in [-0.25, -0.2) is 0 Å². The van der Waals surface area contributed by atoms with Gasteiger partial charge in [0.1, 0.15) is 17.7 Å². The lowest BCUT2D eigenvalue weighted by atomic mass is 10.2. The van der Waals surface area contributed by atoms with E-state index in [1.165, 1.54) is 0 Å². The molecule has 0 spiro atoms. The lowest BCUT2D eigenvalue weighted by molar-refractivity contribution is 0.0189. The average Bonchev–Trinajstić information content (AvgIpc) is 2.91. The molecular formula is C14H15N5O. The molecule has 0 amide bonds. The number of nitrogens with zero attached hydrogens (tertiary/aromatic N) is 5. The van der Waals surface area contributed by atoms with Crippen molar-refractivity contribution in [3.05, 3.63) is 30.5 Å². The number of hydrogen-bond donors (Lipinski definition) is 0. The van der Waals surface area contributed by atoms with Gasteiger partial charge in [-0.05, 0) is 24.3 Å². The summed E-state index contributed by atoms with van der Waals surface area (Å²) in [5.74, 6) is 0. The molecule has 0 aliphatic carbocycles. The van der Waals surface area contributed by atoms with Crippen LogP contribution in [0.25, 0.3) is 21.9 Å². The number of benzene rings is 1. The highest BCUT2D eigenvalue weighted by Gasteiger charge is 2.13. The van der Waals surface area contributed by atoms with Crippen LogP contribution in [-0.4, -0.2) is 51.2 Å². The Morgan fingerprint density at radius 1 is 1.05 bits per heavy atom. The minimum Gasteiger partial charge on any atom is -0.379 e. The quantitative estimate of drug-likeness (QED) is 0.701. The molecule has 102 valence electrons. The van der Waals surface area contributed by atoms with Crippen molar-refractivity contribution in [1.29, 1.82) is 0 Å². The Morgan fingerprint density at radius 3 is 2.80 bits per heavy atom. The molecule has 20 heavy (non-hydrogen) atoms. The highest BCUT2D eigenvalue weighted by atomic mass is 16.5. The number of rotatable bonds is 2. The van der Waals surface area contributed by atoms with Crippen molar-refractivity contribution in [3.8, 4) is 0 Å². The van der Waals surface area contributed by atoms with Gasteiger partial charge in [-0.2, -0.15) is 15.0 Å². The van der Waals surface area contributed by atoms with Gasteiger partial charge in [-0.3, -0.25) is 9.88 Å². The van der Waals surface area contributed by atoms with E-state index in [0.29, 0.717) is 6.67 Å². The van der Waals surface area contributed by atoms with Gasteiger partial charge >= 0.3 is 0 Å². The van der Waals surface area contributed by atoms with Gasteiger partial charge in [0.2, 0.25) is 0 Å². The van der Waals surface area contributed by atoms with Gasteiger partial charge in [-0.15, -0.1) is 0 Å². The second-order valence-electron chi connectivity index (χ2n) is 4.95. The molecule has 1 aromatic carbocycles. The van der Waals surface area contributed by atoms with Crippen molar-refractivity contribution in [2.24, 2.45) is 0 Å². The van der Waals surface area contributed by atoms with E-state index in [-0.39, 0.29) is 0 Å². The lowest BCUT2D eigenvalue weighted by Crippen LogP contribution is -2.37. The maximum absolute atomic E-state index is 5.35. The predicted molar refractivity (Wildman–Crippen MR) is 75.2 cm³/mol. The summed E-state index contributed by atoms with van der Waals surface area (Å²) in [4.78, 5) is 8.41. The van der Waals surface area contributed by atoms with Gasteiger partial charge in [0.15, 0.2) is 0 Å². The zero-order valence-corrected chi connectivity index (χ0v) is 11.1. The van der Waals surface area contributed by atoms with Crippen LogP contribution in [0.3, 0.4) is 0 Å². The van der Waals surface area contributed by atoms with E-state index in [1.807, 2.05) is 24.3 Å². The van der Waals surface area contributed by atoms with Gasteiger partial charge in [-0.1, -0.05) is 0 Å². The molecule has 0 saturated carbocycles. The summed E-state index contributed by atoms with van der Waals surface area (Å²) in [6.45, 7) is 4.14. The molecule has 0 unspecified atom stereocenters. The van der Waals surface area contributed by atoms with Crippen LogP contribution in [0, 0.1) is 0 Å². The molecule has 1 saturated heterocycles. The molecule has 3 aromatic rings. The van der Waals surface area contributed by atoms with Crippen LogP contribution < -0.4 is 0 Å². The molecule has 1 aliphatic rings. The number of ether oxygens (including phenoxy) is 1. The van der Waals surface area contributed by atoms with Crippen molar-refractivity contribution in [1.82, 2.24) is 24.9 Å². The smallest absolute Gasteiger partial charge is 0.122 e. The Hall–Kier alpha value is -2.05. The molecule has 4 rings (SSSR count). The SMILES string of the molecule is c1cnc2ccc3nn(CN4CCOCC4)nc3c2c1. The Bertz CT molecular complexity index is 747. The summed E-state index contributed by atoms with van der Waals surface area (Å²) >= 11 is 0. The monoisotopic (exact) mass is 269 g/mol. The van der Waals surface area contributed by atoms with E-state index >= 15 is 0 Å². The first-order chi connectivity index (χ1) is 9.90. The predicted octanol–water partition coefficient (Wildman–Crippen LogP) is 1.27. The molecule has 0 radical (unpaired) electrons. The van der Waals surface area contributed by atoms with Crippen LogP contribution in [0.5, 0.6) is 0 Å². The number of morpholine rings is 1. The van der Waals surface area contributed by atoms with Crippen LogP contribution >= 0.6 is 0 Å². The van der Waals surface area contributed by atoms with Crippen molar-refractivity contribution in [2.45, 2.75) is 6.67 Å². The Balaban J connectivity index is 1.72. The van der Waals surface area contributed by atoms with Crippen LogP contribution in [-0.2, 0) is 11.4 Å². The Labute approximate surface area is 116 Å². The highest BCUT2D eigenvalue weighted by Crippen LogP contribution is 2.20. The van der Waals surface area contributed by atoms with Crippen molar-refractivity contribution < 1.29 is 4.74 Å². The third-order valence-electron chi connectivity index (χ3n) is 3.60. The van der Waals surface area contributed by atoms with Crippen molar-refractivity contribution in [3.63, 3.8) is 0 Å². The third kappa shape index (κ3) is 2.03. The largest absolute Gasteiger partial charge is 0.379 e. The van der Waals surface area contributed by atoms with E-state index < -0.39 is 0 Å². The summed E-state index contributed by atoms with van der Waals surface area (Å²) in [7, 11) is 0. The molecule has 1 aliphatic heterocycles. The second-order valence-corrected chi connectivity index (χ2v) is 4.95. The normalized spacial score (nSPS) is 17.0. The number of hydrogen-bond acceptors (Lipinski definition) is 5. The van der Waals surface area contributed by atoms with Gasteiger partial charge in [0, 0.05) is 24.7 Å². The van der Waals surface area contributed by atoms with Gasteiger partial charge in [0.25, 0.3) is 0 Å². The van der Waals surface area contributed by atoms with Crippen molar-refractivity contribution in [2.75, 3.05) is 26.3 Å². The topological polar surface area (TPSA) is 56.1 Å². The first-order valence-corrected chi connectivity index (χ1v) is 6.79. The van der Waals surface area contributed by atoms with E-state index in [2.05, 4.69) is 20.1 Å². The van der Waals surface area contributed by atoms with Crippen LogP contribution in [0.2, 0.25) is 0 Å². The summed E-state index contributed by atoms with van der Waals surface area (Å²) < 4.78 is 5.35. The van der Waals surface area contributed by atoms with E-state index in [9.17, 15) is 0 Å². The molecule has 6 nitrogen and oxygen atoms in total. The van der Waals surface area contributed by atoms with E-state index in [1.54, 1.807) is 11.0 Å². The van der Waals surface area contributed by atoms with Crippen LogP contribution in [0.4, 0.5) is 0 Å². The molecule has 6 heteroatoms. The molecule has 0 N–H and O–H groups in total. The van der Waals surface area contributed by atoms with E-state index in [4.69, 9.17) is 4.74 Å². The number of pyridine rings is 1. The Kier molecular flexibility index (Phi) is 2.82. The highest BCUT2D eigenvalue weighted by molar-refractivity contribution is 6.01. The summed E-state index contributed by atoms with van der Waals surface area (Å²) in [6.07, 6.45) is 1.80. The number of aromatic nitrogens is 4. The molecular weight excluding hydrogens is 254 g/mol. The molecule has 3 heterocycles. The first kappa shape index (κ1) is 11.7. The lowest BCUT2D eigenvalue weighted by Gasteiger charge is -2.25. The fourth-order valence-electron chi connectivity index (χ4n) is 2.56. The molecule has 0 atom stereocenters. The minimum absolute atomic E-state index is 0.708. The fraction of sp³-hybridized carbons (Fsp3) is 0.357. The fourth-order valence-corrected chi connectivity index (χ4v) is 2.56. The summed E-state index contributed by atoms with van der Waals surface area (Å²) in [5.41, 5.74) is 2.79. The summed E-state index contributed by atoms with van der Waals surface area (Å²) in [5, 5.41) is 10.2. The second kappa shape index (κ2) is 4.81. The third-order valence-corrected chi connectivity index (χ3v) is 3.60. The number of fused-ring (bicyclic) bond motifs is 3. The van der Waals surface area contributed by atoms with Gasteiger partial charge < -0.3 is 4.74 Å².